The van der Waals surface area contributed by atoms with Gasteiger partial charge in [0.25, 0.3) is 0 Å². The summed E-state index contributed by atoms with van der Waals surface area (Å²) in [4.78, 5) is 19.6. The number of likely N-dealkylation sites (N-methyl/N-ethyl adjacent to an activating group) is 1. The second-order valence-electron chi connectivity index (χ2n) is 14.2. The van der Waals surface area contributed by atoms with E-state index in [2.05, 4.69) is 39.6 Å². The molecule has 2 aromatic heterocycles. The molecule has 2 unspecified atom stereocenters. The van der Waals surface area contributed by atoms with Crippen LogP contribution in [0.25, 0.3) is 43.7 Å². The number of methoxy groups -OCH3 is 1. The lowest BCUT2D eigenvalue weighted by Crippen LogP contribution is -2.54. The third-order valence-electron chi connectivity index (χ3n) is 10.9. The average molecular weight is 681 g/mol. The molecule has 12 heteroatoms. The first-order valence-corrected chi connectivity index (χ1v) is 17.4. The molecule has 3 aliphatic heterocycles. The van der Waals surface area contributed by atoms with Crippen molar-refractivity contribution >= 4 is 44.3 Å². The molecule has 50 heavy (non-hydrogen) atoms. The Labute approximate surface area is 290 Å². The summed E-state index contributed by atoms with van der Waals surface area (Å²) >= 11 is 0. The number of phenolic OH excluding ortho intramolecular Hbond substituents is 1. The molecule has 10 nitrogen and oxygen atoms in total. The molecule has 5 aromatic rings. The number of aromatic nitrogens is 4. The van der Waals surface area contributed by atoms with E-state index in [1.54, 1.807) is 24.9 Å². The van der Waals surface area contributed by atoms with Crippen LogP contribution < -0.4 is 9.80 Å². The summed E-state index contributed by atoms with van der Waals surface area (Å²) in [7, 11) is 7.68. The number of ether oxygens (including phenoxy) is 1. The maximum Gasteiger partial charge on any atom is 0.228 e. The first-order chi connectivity index (χ1) is 24.2. The van der Waals surface area contributed by atoms with Crippen LogP contribution in [0.1, 0.15) is 31.2 Å². The van der Waals surface area contributed by atoms with Crippen LogP contribution in [0.2, 0.25) is 0 Å². The maximum absolute atomic E-state index is 17.7. The highest BCUT2D eigenvalue weighted by Crippen LogP contribution is 2.46. The number of aryl methyl sites for hydroxylation is 1. The van der Waals surface area contributed by atoms with Gasteiger partial charge in [0.2, 0.25) is 5.95 Å². The van der Waals surface area contributed by atoms with Crippen LogP contribution in [0.3, 0.4) is 0 Å². The van der Waals surface area contributed by atoms with Crippen molar-refractivity contribution in [2.45, 2.75) is 43.8 Å². The Morgan fingerprint density at radius 3 is 2.52 bits per heavy atom. The van der Waals surface area contributed by atoms with Crippen molar-refractivity contribution in [2.75, 3.05) is 70.3 Å². The van der Waals surface area contributed by atoms with Gasteiger partial charge in [-0.3, -0.25) is 9.58 Å². The average Bonchev–Trinajstić information content (AvgIpc) is 3.80. The Balaban J connectivity index is 1.39. The molecule has 0 amide bonds. The molecule has 5 heterocycles. The zero-order valence-corrected chi connectivity index (χ0v) is 29.0. The minimum Gasteiger partial charge on any atom is -0.508 e. The van der Waals surface area contributed by atoms with Gasteiger partial charge in [0.1, 0.15) is 28.4 Å². The third kappa shape index (κ3) is 5.30. The van der Waals surface area contributed by atoms with E-state index in [0.29, 0.717) is 39.1 Å². The number of likely N-dealkylation sites (tertiary alicyclic amines) is 1. The van der Waals surface area contributed by atoms with Gasteiger partial charge in [-0.15, -0.1) is 6.42 Å². The van der Waals surface area contributed by atoms with Gasteiger partial charge in [0.15, 0.2) is 5.82 Å². The Kier molecular flexibility index (Phi) is 8.25. The molecule has 8 rings (SSSR count). The maximum atomic E-state index is 17.7. The number of anilines is 2. The Hall–Kier alpha value is -4.57. The molecule has 260 valence electrons. The van der Waals surface area contributed by atoms with Crippen molar-refractivity contribution < 1.29 is 18.6 Å². The van der Waals surface area contributed by atoms with Crippen LogP contribution in [0.4, 0.5) is 20.5 Å². The fourth-order valence-corrected chi connectivity index (χ4v) is 8.56. The molecule has 1 N–H and O–H groups in total. The summed E-state index contributed by atoms with van der Waals surface area (Å²) in [6, 6.07) is 6.49. The normalized spacial score (nSPS) is 21.0. The van der Waals surface area contributed by atoms with Gasteiger partial charge in [0, 0.05) is 94.1 Å². The van der Waals surface area contributed by atoms with Crippen LogP contribution in [0.15, 0.2) is 30.5 Å². The van der Waals surface area contributed by atoms with Gasteiger partial charge in [-0.2, -0.15) is 10.1 Å². The fraction of sp³-hybridized carbons (Fsp3) is 0.447. The summed E-state index contributed by atoms with van der Waals surface area (Å²) in [6.07, 6.45) is 11.7. The van der Waals surface area contributed by atoms with E-state index in [1.807, 2.05) is 6.20 Å². The number of terminal acetylenes is 1. The van der Waals surface area contributed by atoms with Crippen LogP contribution >= 0.6 is 0 Å². The number of benzene rings is 3. The van der Waals surface area contributed by atoms with E-state index < -0.39 is 11.6 Å². The molecule has 0 radical (unpaired) electrons. The lowest BCUT2D eigenvalue weighted by Gasteiger charge is -2.42. The number of piperazine rings is 1. The van der Waals surface area contributed by atoms with E-state index in [9.17, 15) is 5.11 Å². The lowest BCUT2D eigenvalue weighted by molar-refractivity contribution is 0.159. The summed E-state index contributed by atoms with van der Waals surface area (Å²) in [6.45, 7) is 4.94. The number of hydrogen-bond donors (Lipinski definition) is 1. The summed E-state index contributed by atoms with van der Waals surface area (Å²) in [5.74, 6) is 2.38. The van der Waals surface area contributed by atoms with E-state index in [1.165, 1.54) is 18.2 Å². The minimum absolute atomic E-state index is 0.00289. The fourth-order valence-electron chi connectivity index (χ4n) is 8.56. The number of halogens is 2. The number of hydrogen-bond acceptors (Lipinski definition) is 9. The predicted octanol–water partition coefficient (Wildman–Crippen LogP) is 5.13. The molecule has 3 fully saturated rings. The molecule has 2 bridgehead atoms. The van der Waals surface area contributed by atoms with Gasteiger partial charge >= 0.3 is 0 Å². The SMILES string of the molecule is C#Cc1c(F)ccc2cc(O)cc(-c3c(F)c4nc(N5CC[C@H](N(C)C)C5)nc(N5C6CCC5CN(CCCOC)C6)c4c4cn(C)nc34)c12. The highest BCUT2D eigenvalue weighted by molar-refractivity contribution is 6.18. The molecular weight excluding hydrogens is 638 g/mol. The number of nitrogens with zero attached hydrogens (tertiary/aromatic N) is 8. The van der Waals surface area contributed by atoms with Gasteiger partial charge in [0.05, 0.1) is 10.9 Å². The molecule has 0 aliphatic carbocycles. The zero-order valence-electron chi connectivity index (χ0n) is 29.0. The first kappa shape index (κ1) is 32.6. The molecule has 0 saturated carbocycles. The van der Waals surface area contributed by atoms with Crippen molar-refractivity contribution in [1.82, 2.24) is 29.5 Å². The number of aromatic hydroxyl groups is 1. The molecule has 3 atom stereocenters. The molecule has 3 aliphatic rings. The van der Waals surface area contributed by atoms with Crippen molar-refractivity contribution in [2.24, 2.45) is 7.05 Å². The van der Waals surface area contributed by atoms with Crippen molar-refractivity contribution in [3.05, 3.63) is 47.7 Å². The standard InChI is InChI=1S/C38H42F2N8O2/c1-6-27-30(39)11-8-22-16-26(49)17-28(31(22)27)32-34(40)36-33(29-21-45(4)43-35(29)32)37(42-38(41-36)47-14-12-23(20-47)44(2)3)48-24-9-10-25(48)19-46(18-24)13-7-15-50-5/h1,8,11,16-17,21,23-25,49H,7,9-10,12-15,18-20H2,2-5H3/t23-,24?,25?/m0/s1. The molecular formula is C38H42F2N8O2. The first-order valence-electron chi connectivity index (χ1n) is 17.4. The van der Waals surface area contributed by atoms with Crippen LogP contribution in [-0.4, -0.2) is 113 Å². The second kappa shape index (κ2) is 12.6. The largest absolute Gasteiger partial charge is 0.508 e. The summed E-state index contributed by atoms with van der Waals surface area (Å²) < 4.78 is 39.9. The topological polar surface area (TPSA) is 86.0 Å². The van der Waals surface area contributed by atoms with Crippen molar-refractivity contribution in [3.63, 3.8) is 0 Å². The van der Waals surface area contributed by atoms with E-state index in [4.69, 9.17) is 26.2 Å². The van der Waals surface area contributed by atoms with Crippen molar-refractivity contribution in [3.8, 4) is 29.2 Å². The quantitative estimate of drug-likeness (QED) is 0.177. The second-order valence-corrected chi connectivity index (χ2v) is 14.2. The van der Waals surface area contributed by atoms with Gasteiger partial charge in [-0.05, 0) is 68.9 Å². The van der Waals surface area contributed by atoms with E-state index >= 15 is 8.78 Å². The summed E-state index contributed by atoms with van der Waals surface area (Å²) in [5, 5.41) is 17.8. The highest BCUT2D eigenvalue weighted by Gasteiger charge is 2.42. The van der Waals surface area contributed by atoms with Gasteiger partial charge < -0.3 is 24.5 Å². The van der Waals surface area contributed by atoms with Gasteiger partial charge in [-0.1, -0.05) is 12.0 Å². The Morgan fingerprint density at radius 2 is 1.82 bits per heavy atom. The monoisotopic (exact) mass is 680 g/mol. The number of phenols is 1. The zero-order chi connectivity index (χ0) is 34.8. The Morgan fingerprint density at radius 1 is 1.04 bits per heavy atom. The van der Waals surface area contributed by atoms with E-state index in [0.717, 1.165) is 70.8 Å². The van der Waals surface area contributed by atoms with Crippen LogP contribution in [0, 0.1) is 24.0 Å². The number of fused-ring (bicyclic) bond motifs is 6. The van der Waals surface area contributed by atoms with Crippen LogP contribution in [0.5, 0.6) is 5.75 Å². The van der Waals surface area contributed by atoms with Crippen molar-refractivity contribution in [1.29, 1.82) is 0 Å². The predicted molar refractivity (Wildman–Crippen MR) is 193 cm³/mol. The Bertz CT molecular complexity index is 2160. The van der Waals surface area contributed by atoms with E-state index in [-0.39, 0.29) is 40.0 Å². The highest BCUT2D eigenvalue weighted by atomic mass is 19.1. The molecule has 3 saturated heterocycles. The lowest BCUT2D eigenvalue weighted by atomic mass is 9.91. The molecule has 3 aromatic carbocycles. The van der Waals surface area contributed by atoms with Crippen LogP contribution in [-0.2, 0) is 11.8 Å². The molecule has 0 spiro atoms. The van der Waals surface area contributed by atoms with Gasteiger partial charge in [-0.25, -0.2) is 13.8 Å². The summed E-state index contributed by atoms with van der Waals surface area (Å²) in [5.41, 5.74) is 0.914. The smallest absolute Gasteiger partial charge is 0.228 e. The number of rotatable bonds is 8. The third-order valence-corrected chi connectivity index (χ3v) is 10.9. The minimum atomic E-state index is -0.607.